The van der Waals surface area contributed by atoms with Gasteiger partial charge in [-0.2, -0.15) is 8.78 Å². The number of carbonyl (C=O) groups excluding carboxylic acids is 1. The van der Waals surface area contributed by atoms with Crippen LogP contribution < -0.4 is 9.47 Å². The van der Waals surface area contributed by atoms with Gasteiger partial charge in [-0.25, -0.2) is 0 Å². The molecule has 150 valence electrons. The van der Waals surface area contributed by atoms with Crippen molar-refractivity contribution in [3.8, 4) is 11.5 Å². The van der Waals surface area contributed by atoms with Gasteiger partial charge >= 0.3 is 6.61 Å². The van der Waals surface area contributed by atoms with E-state index < -0.39 is 6.61 Å². The van der Waals surface area contributed by atoms with E-state index in [0.717, 1.165) is 16.3 Å². The number of hydrogen-bond acceptors (Lipinski definition) is 3. The highest BCUT2D eigenvalue weighted by Crippen LogP contribution is 2.30. The van der Waals surface area contributed by atoms with Gasteiger partial charge in [-0.05, 0) is 40.1 Å². The highest BCUT2D eigenvalue weighted by atomic mass is 19.3. The first-order chi connectivity index (χ1) is 14.0. The Bertz CT molecular complexity index is 1030. The molecule has 29 heavy (non-hydrogen) atoms. The van der Waals surface area contributed by atoms with Gasteiger partial charge in [-0.15, -0.1) is 0 Å². The van der Waals surface area contributed by atoms with Gasteiger partial charge in [-0.1, -0.05) is 48.5 Å². The Morgan fingerprint density at radius 1 is 1.07 bits per heavy atom. The van der Waals surface area contributed by atoms with Crippen molar-refractivity contribution in [3.63, 3.8) is 0 Å². The van der Waals surface area contributed by atoms with Crippen molar-refractivity contribution in [1.29, 1.82) is 0 Å². The summed E-state index contributed by atoms with van der Waals surface area (Å²) >= 11 is 0. The topological polar surface area (TPSA) is 38.8 Å². The fraction of sp³-hybridized carbons (Fsp3) is 0.174. The molecule has 0 atom stereocenters. The molecule has 0 aromatic heterocycles. The lowest BCUT2D eigenvalue weighted by Crippen LogP contribution is -2.24. The highest BCUT2D eigenvalue weighted by molar-refractivity contribution is 5.96. The Morgan fingerprint density at radius 3 is 2.59 bits per heavy atom. The van der Waals surface area contributed by atoms with Crippen LogP contribution in [-0.2, 0) is 11.3 Å². The molecule has 0 spiro atoms. The first-order valence-electron chi connectivity index (χ1n) is 9.00. The SMILES string of the molecule is COc1ccc(CN(C)C(=O)/C=C/c2cccc3ccccc23)cc1OC(F)F. The summed E-state index contributed by atoms with van der Waals surface area (Å²) in [5.74, 6) is -0.0592. The molecule has 4 nitrogen and oxygen atoms in total. The Balaban J connectivity index is 1.73. The van der Waals surface area contributed by atoms with E-state index in [9.17, 15) is 13.6 Å². The maximum absolute atomic E-state index is 12.6. The van der Waals surface area contributed by atoms with Gasteiger partial charge in [0.15, 0.2) is 11.5 Å². The van der Waals surface area contributed by atoms with Gasteiger partial charge in [0.1, 0.15) is 0 Å². The van der Waals surface area contributed by atoms with E-state index in [1.54, 1.807) is 19.2 Å². The molecule has 0 aliphatic rings. The first-order valence-corrected chi connectivity index (χ1v) is 9.00. The smallest absolute Gasteiger partial charge is 0.387 e. The second-order valence-electron chi connectivity index (χ2n) is 6.46. The average molecular weight is 397 g/mol. The second-order valence-corrected chi connectivity index (χ2v) is 6.46. The molecule has 0 saturated carbocycles. The summed E-state index contributed by atoms with van der Waals surface area (Å²) in [4.78, 5) is 14.0. The number of likely N-dealkylation sites (N-methyl/N-ethyl adjacent to an activating group) is 1. The van der Waals surface area contributed by atoms with E-state index in [4.69, 9.17) is 4.74 Å². The summed E-state index contributed by atoms with van der Waals surface area (Å²) < 4.78 is 34.7. The van der Waals surface area contributed by atoms with Crippen molar-refractivity contribution in [2.75, 3.05) is 14.2 Å². The third-order valence-electron chi connectivity index (χ3n) is 4.47. The molecule has 0 aliphatic carbocycles. The van der Waals surface area contributed by atoms with Gasteiger partial charge in [0.05, 0.1) is 7.11 Å². The molecular formula is C23H21F2NO3. The van der Waals surface area contributed by atoms with E-state index in [0.29, 0.717) is 5.56 Å². The van der Waals surface area contributed by atoms with Crippen LogP contribution in [0.1, 0.15) is 11.1 Å². The third-order valence-corrected chi connectivity index (χ3v) is 4.47. The Morgan fingerprint density at radius 2 is 1.83 bits per heavy atom. The van der Waals surface area contributed by atoms with E-state index >= 15 is 0 Å². The third kappa shape index (κ3) is 5.10. The highest BCUT2D eigenvalue weighted by Gasteiger charge is 2.13. The molecule has 0 bridgehead atoms. The number of ether oxygens (including phenoxy) is 2. The predicted octanol–water partition coefficient (Wildman–Crippen LogP) is 5.12. The summed E-state index contributed by atoms with van der Waals surface area (Å²) in [5.41, 5.74) is 1.60. The standard InChI is InChI=1S/C23H21F2NO3/c1-26(15-16-10-12-20(28-2)21(14-16)29-23(24)25)22(27)13-11-18-8-5-7-17-6-3-4-9-19(17)18/h3-14,23H,15H2,1-2H3/b13-11+. The molecule has 6 heteroatoms. The molecule has 0 N–H and O–H groups in total. The van der Waals surface area contributed by atoms with Crippen molar-refractivity contribution in [2.24, 2.45) is 0 Å². The first kappa shape index (κ1) is 20.3. The van der Waals surface area contributed by atoms with Crippen LogP contribution >= 0.6 is 0 Å². The van der Waals surface area contributed by atoms with Crippen molar-refractivity contribution in [3.05, 3.63) is 77.9 Å². The van der Waals surface area contributed by atoms with Crippen LogP contribution in [0.4, 0.5) is 8.78 Å². The number of fused-ring (bicyclic) bond motifs is 1. The number of hydrogen-bond donors (Lipinski definition) is 0. The van der Waals surface area contributed by atoms with Crippen molar-refractivity contribution in [1.82, 2.24) is 4.90 Å². The number of benzene rings is 3. The maximum atomic E-state index is 12.6. The summed E-state index contributed by atoms with van der Waals surface area (Å²) in [6.45, 7) is -2.72. The summed E-state index contributed by atoms with van der Waals surface area (Å²) in [7, 11) is 3.02. The number of halogens is 2. The molecule has 0 fully saturated rings. The van der Waals surface area contributed by atoms with Gasteiger partial charge < -0.3 is 14.4 Å². The number of alkyl halides is 2. The number of carbonyl (C=O) groups is 1. The summed E-state index contributed by atoms with van der Waals surface area (Å²) in [6, 6.07) is 18.5. The maximum Gasteiger partial charge on any atom is 0.387 e. The van der Waals surface area contributed by atoms with Crippen LogP contribution in [0, 0.1) is 0 Å². The van der Waals surface area contributed by atoms with E-state index in [1.165, 1.54) is 30.2 Å². The summed E-state index contributed by atoms with van der Waals surface area (Å²) in [6.07, 6.45) is 3.28. The normalized spacial score (nSPS) is 11.2. The van der Waals surface area contributed by atoms with Crippen LogP contribution in [0.15, 0.2) is 66.7 Å². The molecule has 0 saturated heterocycles. The number of nitrogens with zero attached hydrogens (tertiary/aromatic N) is 1. The van der Waals surface area contributed by atoms with Crippen LogP contribution in [-0.4, -0.2) is 31.6 Å². The molecule has 3 aromatic rings. The second kappa shape index (κ2) is 9.19. The van der Waals surface area contributed by atoms with Crippen LogP contribution in [0.5, 0.6) is 11.5 Å². The molecule has 0 unspecified atom stereocenters. The molecule has 3 rings (SSSR count). The van der Waals surface area contributed by atoms with Crippen molar-refractivity contribution in [2.45, 2.75) is 13.2 Å². The quantitative estimate of drug-likeness (QED) is 0.520. The number of methoxy groups -OCH3 is 1. The predicted molar refractivity (Wildman–Crippen MR) is 109 cm³/mol. The van der Waals surface area contributed by atoms with Gasteiger partial charge in [0.2, 0.25) is 5.91 Å². The largest absolute Gasteiger partial charge is 0.493 e. The van der Waals surface area contributed by atoms with Gasteiger partial charge in [0.25, 0.3) is 0 Å². The van der Waals surface area contributed by atoms with Crippen molar-refractivity contribution >= 4 is 22.8 Å². The van der Waals surface area contributed by atoms with Gasteiger partial charge in [-0.3, -0.25) is 4.79 Å². The van der Waals surface area contributed by atoms with Crippen LogP contribution in [0.3, 0.4) is 0 Å². The van der Waals surface area contributed by atoms with E-state index in [-0.39, 0.29) is 24.0 Å². The van der Waals surface area contributed by atoms with Crippen LogP contribution in [0.25, 0.3) is 16.8 Å². The van der Waals surface area contributed by atoms with E-state index in [2.05, 4.69) is 4.74 Å². The fourth-order valence-electron chi connectivity index (χ4n) is 3.04. The number of amides is 1. The Kier molecular flexibility index (Phi) is 6.44. The molecule has 0 heterocycles. The minimum absolute atomic E-state index is 0.0628. The monoisotopic (exact) mass is 397 g/mol. The lowest BCUT2D eigenvalue weighted by molar-refractivity contribution is -0.125. The lowest BCUT2D eigenvalue weighted by atomic mass is 10.0. The minimum atomic E-state index is -2.96. The lowest BCUT2D eigenvalue weighted by Gasteiger charge is -2.17. The zero-order valence-electron chi connectivity index (χ0n) is 16.1. The fourth-order valence-corrected chi connectivity index (χ4v) is 3.04. The Hall–Kier alpha value is -3.41. The summed E-state index contributed by atoms with van der Waals surface area (Å²) in [5, 5.41) is 2.16. The van der Waals surface area contributed by atoms with Crippen molar-refractivity contribution < 1.29 is 23.0 Å². The zero-order chi connectivity index (χ0) is 20.8. The molecule has 3 aromatic carbocycles. The van der Waals surface area contributed by atoms with Crippen LogP contribution in [0.2, 0.25) is 0 Å². The van der Waals surface area contributed by atoms with Gasteiger partial charge in [0, 0.05) is 19.7 Å². The molecule has 1 amide bonds. The van der Waals surface area contributed by atoms with E-state index in [1.807, 2.05) is 42.5 Å². The zero-order valence-corrected chi connectivity index (χ0v) is 16.1. The molecule has 0 radical (unpaired) electrons. The number of rotatable bonds is 7. The molecular weight excluding hydrogens is 376 g/mol. The minimum Gasteiger partial charge on any atom is -0.493 e. The molecule has 0 aliphatic heterocycles. The Labute approximate surface area is 168 Å². The average Bonchev–Trinajstić information content (AvgIpc) is 2.71.